The van der Waals surface area contributed by atoms with Gasteiger partial charge in [0.2, 0.25) is 0 Å². The molecule has 0 aromatic heterocycles. The van der Waals surface area contributed by atoms with Gasteiger partial charge in [-0.2, -0.15) is 10.5 Å². The summed E-state index contributed by atoms with van der Waals surface area (Å²) in [4.78, 5) is 2.02. The van der Waals surface area contributed by atoms with E-state index >= 15 is 0 Å². The topological polar surface area (TPSA) is 80.3 Å². The van der Waals surface area contributed by atoms with E-state index in [4.69, 9.17) is 9.84 Å². The Balaban J connectivity index is 0.00000352. The van der Waals surface area contributed by atoms with Crippen LogP contribution in [0, 0.1) is 22.7 Å². The molecule has 0 saturated heterocycles. The molecule has 0 saturated carbocycles. The lowest BCUT2D eigenvalue weighted by atomic mass is 9.87. The summed E-state index contributed by atoms with van der Waals surface area (Å²) in [7, 11) is 1.95. The monoisotopic (exact) mass is 385 g/mol. The van der Waals surface area contributed by atoms with Gasteiger partial charge < -0.3 is 14.7 Å². The SMILES string of the molecule is CC.CC/C(=C\C=C(/CC)N(C)CCO)C1=C(C#N)/C(=C(/C)C#N)OC1(C)C. The van der Waals surface area contributed by atoms with E-state index in [0.717, 1.165) is 29.7 Å². The summed E-state index contributed by atoms with van der Waals surface area (Å²) in [5.74, 6) is 0.381. The van der Waals surface area contributed by atoms with E-state index in [-0.39, 0.29) is 6.61 Å². The molecular formula is C23H35N3O2. The Morgan fingerprint density at radius 2 is 1.79 bits per heavy atom. The van der Waals surface area contributed by atoms with Crippen molar-refractivity contribution in [3.8, 4) is 12.1 Å². The van der Waals surface area contributed by atoms with Crippen molar-refractivity contribution in [2.45, 2.75) is 66.9 Å². The molecule has 1 N–H and O–H groups in total. The van der Waals surface area contributed by atoms with Crippen LogP contribution in [-0.4, -0.2) is 35.8 Å². The maximum absolute atomic E-state index is 9.70. The average Bonchev–Trinajstić information content (AvgIpc) is 2.97. The highest BCUT2D eigenvalue weighted by atomic mass is 16.5. The second-order valence-electron chi connectivity index (χ2n) is 6.74. The van der Waals surface area contributed by atoms with Crippen molar-refractivity contribution in [3.63, 3.8) is 0 Å². The molecule has 1 aliphatic rings. The molecule has 0 bridgehead atoms. The fraction of sp³-hybridized carbons (Fsp3) is 0.565. The van der Waals surface area contributed by atoms with Crippen LogP contribution in [0.4, 0.5) is 0 Å². The van der Waals surface area contributed by atoms with Crippen molar-refractivity contribution in [1.82, 2.24) is 4.90 Å². The van der Waals surface area contributed by atoms with E-state index in [0.29, 0.717) is 23.5 Å². The van der Waals surface area contributed by atoms with E-state index in [9.17, 15) is 10.5 Å². The molecular weight excluding hydrogens is 350 g/mol. The average molecular weight is 386 g/mol. The van der Waals surface area contributed by atoms with Crippen LogP contribution in [0.1, 0.15) is 61.3 Å². The minimum atomic E-state index is -0.669. The molecule has 0 atom stereocenters. The predicted molar refractivity (Wildman–Crippen MR) is 114 cm³/mol. The Morgan fingerprint density at radius 1 is 1.18 bits per heavy atom. The van der Waals surface area contributed by atoms with Crippen LogP contribution >= 0.6 is 0 Å². The summed E-state index contributed by atoms with van der Waals surface area (Å²) < 4.78 is 5.98. The van der Waals surface area contributed by atoms with Gasteiger partial charge in [-0.3, -0.25) is 0 Å². The van der Waals surface area contributed by atoms with Crippen molar-refractivity contribution in [2.75, 3.05) is 20.2 Å². The summed E-state index contributed by atoms with van der Waals surface area (Å²) in [6.45, 7) is 14.3. The zero-order chi connectivity index (χ0) is 21.9. The van der Waals surface area contributed by atoms with Gasteiger partial charge in [0.05, 0.1) is 18.2 Å². The molecule has 5 nitrogen and oxygen atoms in total. The van der Waals surface area contributed by atoms with Gasteiger partial charge in [-0.25, -0.2) is 0 Å². The summed E-state index contributed by atoms with van der Waals surface area (Å²) in [6, 6.07) is 4.32. The number of aliphatic hydroxyl groups excluding tert-OH is 1. The van der Waals surface area contributed by atoms with Gasteiger partial charge >= 0.3 is 0 Å². The zero-order valence-corrected chi connectivity index (χ0v) is 18.7. The minimum Gasteiger partial charge on any atom is -0.481 e. The summed E-state index contributed by atoms with van der Waals surface area (Å²) >= 11 is 0. The van der Waals surface area contributed by atoms with Gasteiger partial charge in [0.15, 0.2) is 5.76 Å². The predicted octanol–water partition coefficient (Wildman–Crippen LogP) is 4.99. The zero-order valence-electron chi connectivity index (χ0n) is 18.7. The number of nitriles is 2. The minimum absolute atomic E-state index is 0.102. The highest BCUT2D eigenvalue weighted by molar-refractivity contribution is 5.60. The van der Waals surface area contributed by atoms with Crippen molar-refractivity contribution in [1.29, 1.82) is 10.5 Å². The Kier molecular flexibility index (Phi) is 11.0. The number of allylic oxidation sites excluding steroid dienone is 5. The van der Waals surface area contributed by atoms with Crippen molar-refractivity contribution in [2.24, 2.45) is 0 Å². The first-order valence-corrected chi connectivity index (χ1v) is 9.94. The maximum Gasteiger partial charge on any atom is 0.152 e. The molecule has 28 heavy (non-hydrogen) atoms. The lowest BCUT2D eigenvalue weighted by Gasteiger charge is -2.24. The van der Waals surface area contributed by atoms with Crippen molar-refractivity contribution >= 4 is 0 Å². The second kappa shape index (κ2) is 12.1. The number of hydrogen-bond donors (Lipinski definition) is 1. The molecule has 1 rings (SSSR count). The third-order valence-corrected chi connectivity index (χ3v) is 4.52. The van der Waals surface area contributed by atoms with E-state index in [2.05, 4.69) is 19.1 Å². The van der Waals surface area contributed by atoms with Gasteiger partial charge in [-0.05, 0) is 45.3 Å². The molecule has 0 radical (unpaired) electrons. The lowest BCUT2D eigenvalue weighted by molar-refractivity contribution is 0.0935. The van der Waals surface area contributed by atoms with Crippen LogP contribution in [0.5, 0.6) is 0 Å². The third-order valence-electron chi connectivity index (χ3n) is 4.52. The van der Waals surface area contributed by atoms with Crippen LogP contribution in [-0.2, 0) is 4.74 Å². The van der Waals surface area contributed by atoms with Crippen LogP contribution < -0.4 is 0 Å². The molecule has 0 spiro atoms. The van der Waals surface area contributed by atoms with Gasteiger partial charge in [0.1, 0.15) is 17.2 Å². The Bertz CT molecular complexity index is 741. The normalized spacial score (nSPS) is 17.8. The number of hydrogen-bond acceptors (Lipinski definition) is 5. The molecule has 0 unspecified atom stereocenters. The van der Waals surface area contributed by atoms with Crippen molar-refractivity contribution in [3.05, 3.63) is 45.9 Å². The standard InChI is InChI=1S/C21H29N3O2.C2H6/c1-7-16(9-10-17(8-2)24(6)11-12-25)19-18(14-23)20(15(3)13-22)26-21(19,4)5;1-2/h9-10,25H,7-8,11-12H2,1-6H3;1-2H3/b16-9+,17-10+,20-15+;. The molecule has 0 aliphatic carbocycles. The maximum atomic E-state index is 9.70. The van der Waals surface area contributed by atoms with Gasteiger partial charge in [0.25, 0.3) is 0 Å². The van der Waals surface area contributed by atoms with Crippen LogP contribution in [0.2, 0.25) is 0 Å². The Labute approximate surface area is 170 Å². The molecule has 1 aliphatic heterocycles. The first-order valence-electron chi connectivity index (χ1n) is 9.94. The Hall–Kier alpha value is -2.50. The van der Waals surface area contributed by atoms with Gasteiger partial charge in [-0.15, -0.1) is 0 Å². The number of rotatable bonds is 7. The number of aliphatic hydroxyl groups is 1. The Morgan fingerprint density at radius 3 is 2.21 bits per heavy atom. The molecule has 0 fully saturated rings. The summed E-state index contributed by atoms with van der Waals surface area (Å²) in [6.07, 6.45) is 5.64. The first kappa shape index (κ1) is 25.5. The highest BCUT2D eigenvalue weighted by Gasteiger charge is 2.40. The molecule has 5 heteroatoms. The van der Waals surface area contributed by atoms with Crippen LogP contribution in [0.25, 0.3) is 0 Å². The third kappa shape index (κ3) is 6.01. The van der Waals surface area contributed by atoms with Gasteiger partial charge in [0, 0.05) is 24.9 Å². The fourth-order valence-corrected chi connectivity index (χ4v) is 3.12. The largest absolute Gasteiger partial charge is 0.481 e. The van der Waals surface area contributed by atoms with E-state index in [1.54, 1.807) is 6.92 Å². The van der Waals surface area contributed by atoms with Crippen LogP contribution in [0.15, 0.2) is 45.9 Å². The quantitative estimate of drug-likeness (QED) is 0.493. The van der Waals surface area contributed by atoms with E-state index < -0.39 is 5.60 Å². The van der Waals surface area contributed by atoms with Crippen molar-refractivity contribution < 1.29 is 9.84 Å². The van der Waals surface area contributed by atoms with Crippen LogP contribution in [0.3, 0.4) is 0 Å². The number of likely N-dealkylation sites (N-methyl/N-ethyl adjacent to an activating group) is 1. The number of nitrogens with zero attached hydrogens (tertiary/aromatic N) is 3. The van der Waals surface area contributed by atoms with E-state index in [1.807, 2.05) is 58.7 Å². The summed E-state index contributed by atoms with van der Waals surface area (Å²) in [5, 5.41) is 28.1. The lowest BCUT2D eigenvalue weighted by Crippen LogP contribution is -2.23. The molecule has 1 heterocycles. The molecule has 0 aromatic rings. The molecule has 0 amide bonds. The fourth-order valence-electron chi connectivity index (χ4n) is 3.12. The first-order chi connectivity index (χ1) is 13.3. The summed E-state index contributed by atoms with van der Waals surface area (Å²) in [5.41, 5.74) is 3.13. The highest BCUT2D eigenvalue weighted by Crippen LogP contribution is 2.43. The number of ether oxygens (including phenoxy) is 1. The smallest absolute Gasteiger partial charge is 0.152 e. The van der Waals surface area contributed by atoms with Gasteiger partial charge in [-0.1, -0.05) is 33.8 Å². The molecule has 154 valence electrons. The molecule has 0 aromatic carbocycles. The van der Waals surface area contributed by atoms with E-state index in [1.165, 1.54) is 0 Å². The second-order valence-corrected chi connectivity index (χ2v) is 6.74.